The minimum absolute atomic E-state index is 0.115. The first kappa shape index (κ1) is 29.8. The molecule has 1 heterocycles. The Morgan fingerprint density at radius 3 is 2.23 bits per heavy atom. The van der Waals surface area contributed by atoms with Gasteiger partial charge in [0.15, 0.2) is 0 Å². The molecule has 1 aliphatic heterocycles. The Morgan fingerprint density at radius 1 is 0.950 bits per heavy atom. The Bertz CT molecular complexity index is 1160. The molecule has 9 atom stereocenters. The average Bonchev–Trinajstić information content (AvgIpc) is 2.96. The van der Waals surface area contributed by atoms with Crippen molar-refractivity contribution in [2.45, 2.75) is 81.9 Å². The molecule has 40 heavy (non-hydrogen) atoms. The second-order valence-corrected chi connectivity index (χ2v) is 11.0. The molecule has 1 aliphatic carbocycles. The Morgan fingerprint density at radius 2 is 1.57 bits per heavy atom. The molecule has 11 nitrogen and oxygen atoms in total. The smallest absolute Gasteiger partial charge is 0.0887 e. The summed E-state index contributed by atoms with van der Waals surface area (Å²) in [6, 6.07) is 18.9. The molecule has 3 unspecified atom stereocenters. The normalized spacial score (nSPS) is 31.1. The van der Waals surface area contributed by atoms with Crippen LogP contribution < -0.4 is 0 Å². The summed E-state index contributed by atoms with van der Waals surface area (Å²) >= 11 is 0. The molecule has 0 bridgehead atoms. The van der Waals surface area contributed by atoms with Crippen LogP contribution in [0.5, 0.6) is 0 Å². The second-order valence-electron chi connectivity index (χ2n) is 11.0. The van der Waals surface area contributed by atoms with Gasteiger partial charge in [-0.3, -0.25) is 4.90 Å². The fourth-order valence-electron chi connectivity index (χ4n) is 6.23. The second kappa shape index (κ2) is 14.5. The van der Waals surface area contributed by atoms with Gasteiger partial charge in [0.25, 0.3) is 0 Å². The Balaban J connectivity index is 1.56. The number of benzene rings is 2. The fraction of sp³-hybridized carbons (Fsp3) is 0.586. The van der Waals surface area contributed by atoms with Gasteiger partial charge in [-0.05, 0) is 54.4 Å². The van der Waals surface area contributed by atoms with Gasteiger partial charge in [-0.2, -0.15) is 0 Å². The number of likely N-dealkylation sites (N-methyl/N-ethyl adjacent to an activating group) is 1. The van der Waals surface area contributed by atoms with Gasteiger partial charge < -0.3 is 19.7 Å². The number of azide groups is 2. The zero-order chi connectivity index (χ0) is 28.5. The molecule has 4 rings (SSSR count). The van der Waals surface area contributed by atoms with E-state index in [1.54, 1.807) is 0 Å². The molecule has 2 aromatic rings. The molecular formula is C29H39N7O4. The monoisotopic (exact) mass is 549 g/mol. The van der Waals surface area contributed by atoms with E-state index in [4.69, 9.17) is 15.0 Å². The van der Waals surface area contributed by atoms with Crippen LogP contribution in [0.3, 0.4) is 0 Å². The van der Waals surface area contributed by atoms with Crippen molar-refractivity contribution in [1.29, 1.82) is 0 Å². The maximum Gasteiger partial charge on any atom is 0.0887 e. The van der Waals surface area contributed by atoms with Crippen LogP contribution in [0.1, 0.15) is 37.3 Å². The quantitative estimate of drug-likeness (QED) is 0.229. The number of hydrogen-bond acceptors (Lipinski definition) is 7. The van der Waals surface area contributed by atoms with Crippen LogP contribution in [0.15, 0.2) is 70.9 Å². The molecule has 2 aromatic carbocycles. The van der Waals surface area contributed by atoms with Crippen molar-refractivity contribution in [2.24, 2.45) is 22.1 Å². The number of rotatable bonds is 11. The third kappa shape index (κ3) is 7.33. The molecule has 214 valence electrons. The minimum atomic E-state index is -1.22. The van der Waals surface area contributed by atoms with Gasteiger partial charge in [0.1, 0.15) is 0 Å². The lowest BCUT2D eigenvalue weighted by Gasteiger charge is -2.49. The topological polar surface area (TPSA) is 160 Å². The summed E-state index contributed by atoms with van der Waals surface area (Å²) in [7, 11) is 2.05. The highest BCUT2D eigenvalue weighted by Gasteiger charge is 2.49. The lowest BCUT2D eigenvalue weighted by atomic mass is 9.69. The lowest BCUT2D eigenvalue weighted by molar-refractivity contribution is -0.178. The van der Waals surface area contributed by atoms with Crippen molar-refractivity contribution in [3.05, 3.63) is 92.7 Å². The average molecular weight is 550 g/mol. The zero-order valence-electron chi connectivity index (χ0n) is 23.1. The first-order valence-corrected chi connectivity index (χ1v) is 13.9. The van der Waals surface area contributed by atoms with Crippen LogP contribution in [0, 0.1) is 11.8 Å². The lowest BCUT2D eigenvalue weighted by Crippen LogP contribution is -2.59. The van der Waals surface area contributed by atoms with E-state index < -0.39 is 36.3 Å². The van der Waals surface area contributed by atoms with Gasteiger partial charge >= 0.3 is 0 Å². The third-order valence-electron chi connectivity index (χ3n) is 8.32. The van der Waals surface area contributed by atoms with Gasteiger partial charge in [-0.15, -0.1) is 0 Å². The van der Waals surface area contributed by atoms with Crippen LogP contribution >= 0.6 is 0 Å². The van der Waals surface area contributed by atoms with Crippen molar-refractivity contribution >= 4 is 0 Å². The first-order chi connectivity index (χ1) is 19.4. The maximum atomic E-state index is 11.2. The van der Waals surface area contributed by atoms with E-state index in [9.17, 15) is 15.7 Å². The molecule has 1 saturated carbocycles. The van der Waals surface area contributed by atoms with Crippen molar-refractivity contribution in [3.63, 3.8) is 0 Å². The van der Waals surface area contributed by atoms with Gasteiger partial charge in [0.2, 0.25) is 0 Å². The molecule has 2 aliphatic rings. The third-order valence-corrected chi connectivity index (χ3v) is 8.32. The number of aliphatic hydroxyl groups excluding tert-OH is 2. The van der Waals surface area contributed by atoms with E-state index in [1.165, 1.54) is 5.56 Å². The van der Waals surface area contributed by atoms with E-state index in [0.717, 1.165) is 5.56 Å². The van der Waals surface area contributed by atoms with Crippen molar-refractivity contribution < 1.29 is 19.7 Å². The summed E-state index contributed by atoms with van der Waals surface area (Å²) in [6.45, 7) is 3.53. The Hall–Kier alpha value is -3.14. The Kier molecular flexibility index (Phi) is 10.8. The molecule has 11 heteroatoms. The number of hydrogen-bond donors (Lipinski definition) is 2. The van der Waals surface area contributed by atoms with Crippen LogP contribution in [0.4, 0.5) is 0 Å². The predicted octanol–water partition coefficient (Wildman–Crippen LogP) is 4.99. The SMILES string of the molecule is C[C@H]1CC(N=[N+]=[N-])[C@H](O)[C@@H](O)[C@@H]1C1O[C@H]([C@H](COCc2ccccc2)N(C)Cc2ccccc2)CCC1N=[N+]=[N-]. The van der Waals surface area contributed by atoms with Crippen molar-refractivity contribution in [2.75, 3.05) is 13.7 Å². The molecule has 0 aromatic heterocycles. The van der Waals surface area contributed by atoms with E-state index in [1.807, 2.05) is 62.5 Å². The summed E-state index contributed by atoms with van der Waals surface area (Å²) < 4.78 is 12.9. The summed E-state index contributed by atoms with van der Waals surface area (Å²) in [5.74, 6) is -0.632. The van der Waals surface area contributed by atoms with E-state index in [-0.39, 0.29) is 18.1 Å². The summed E-state index contributed by atoms with van der Waals surface area (Å²) in [4.78, 5) is 8.12. The minimum Gasteiger partial charge on any atom is -0.390 e. The molecule has 2 N–H and O–H groups in total. The van der Waals surface area contributed by atoms with Crippen LogP contribution in [-0.2, 0) is 22.6 Å². The van der Waals surface area contributed by atoms with E-state index in [0.29, 0.717) is 39.0 Å². The molecular weight excluding hydrogens is 510 g/mol. The van der Waals surface area contributed by atoms with Gasteiger partial charge in [-0.1, -0.05) is 77.8 Å². The molecule has 0 radical (unpaired) electrons. The van der Waals surface area contributed by atoms with E-state index >= 15 is 0 Å². The molecule has 0 amide bonds. The van der Waals surface area contributed by atoms with Gasteiger partial charge in [0.05, 0.1) is 55.8 Å². The molecule has 2 fully saturated rings. The summed E-state index contributed by atoms with van der Waals surface area (Å²) in [5, 5.41) is 29.6. The zero-order valence-corrected chi connectivity index (χ0v) is 23.1. The fourth-order valence-corrected chi connectivity index (χ4v) is 6.23. The van der Waals surface area contributed by atoms with Gasteiger partial charge in [-0.25, -0.2) is 0 Å². The van der Waals surface area contributed by atoms with Crippen molar-refractivity contribution in [1.82, 2.24) is 4.90 Å². The highest BCUT2D eigenvalue weighted by molar-refractivity contribution is 5.15. The molecule has 0 spiro atoms. The molecule has 1 saturated heterocycles. The standard InChI is InChI=1S/C29H39N7O4/c1-19-15-23(33-35-31)27(37)28(38)26(19)29-22(32-34-30)13-14-25(40-29)24(18-39-17-21-11-7-4-8-12-21)36(2)16-20-9-5-3-6-10-20/h3-12,19,22-29,37-38H,13-18H2,1-2H3/t19-,22?,23?,24-,25-,26+,27-,28-,29?/m0/s1. The highest BCUT2D eigenvalue weighted by Crippen LogP contribution is 2.41. The van der Waals surface area contributed by atoms with Gasteiger partial charge in [0, 0.05) is 22.3 Å². The van der Waals surface area contributed by atoms with Crippen molar-refractivity contribution in [3.8, 4) is 0 Å². The van der Waals surface area contributed by atoms with Crippen LogP contribution in [0.2, 0.25) is 0 Å². The maximum absolute atomic E-state index is 11.2. The number of ether oxygens (including phenoxy) is 2. The first-order valence-electron chi connectivity index (χ1n) is 13.9. The summed E-state index contributed by atoms with van der Waals surface area (Å²) in [6.07, 6.45) is -1.64. The highest BCUT2D eigenvalue weighted by atomic mass is 16.5. The summed E-state index contributed by atoms with van der Waals surface area (Å²) in [5.41, 5.74) is 20.4. The number of aliphatic hydroxyl groups is 2. The van der Waals surface area contributed by atoms with E-state index in [2.05, 4.69) is 37.1 Å². The predicted molar refractivity (Wildman–Crippen MR) is 151 cm³/mol. The van der Waals surface area contributed by atoms with Crippen LogP contribution in [0.25, 0.3) is 20.9 Å². The number of nitrogens with zero attached hydrogens (tertiary/aromatic N) is 7. The van der Waals surface area contributed by atoms with Crippen LogP contribution in [-0.4, -0.2) is 71.3 Å². The largest absolute Gasteiger partial charge is 0.390 e. The Labute approximate surface area is 235 Å².